The van der Waals surface area contributed by atoms with E-state index in [0.717, 1.165) is 34.8 Å². The van der Waals surface area contributed by atoms with Crippen LogP contribution in [-0.4, -0.2) is 4.98 Å². The molecule has 1 aromatic heterocycles. The summed E-state index contributed by atoms with van der Waals surface area (Å²) in [6.07, 6.45) is 0.744. The molecule has 0 bridgehead atoms. The van der Waals surface area contributed by atoms with Gasteiger partial charge >= 0.3 is 0 Å². The molecule has 0 saturated heterocycles. The van der Waals surface area contributed by atoms with Crippen molar-refractivity contribution in [1.82, 2.24) is 9.97 Å². The molecule has 2 nitrogen and oxygen atoms in total. The summed E-state index contributed by atoms with van der Waals surface area (Å²) >= 11 is 0. The average Bonchev–Trinajstić information content (AvgIpc) is 3.08. The van der Waals surface area contributed by atoms with E-state index in [9.17, 15) is 0 Å². The number of hydrogen-bond donors (Lipinski definition) is 0. The molecule has 0 aliphatic carbocycles. The summed E-state index contributed by atoms with van der Waals surface area (Å²) in [6, 6.07) is 30.9. The molecule has 0 aliphatic rings. The predicted octanol–water partition coefficient (Wildman–Crippen LogP) is 4.96. The molecule has 0 saturated carbocycles. The van der Waals surface area contributed by atoms with Gasteiger partial charge in [0.1, 0.15) is 0 Å². The summed E-state index contributed by atoms with van der Waals surface area (Å²) in [4.78, 5) is 9.68. The fourth-order valence-electron chi connectivity index (χ4n) is 2.84. The van der Waals surface area contributed by atoms with Crippen LogP contribution in [0.3, 0.4) is 0 Å². The van der Waals surface area contributed by atoms with Crippen LogP contribution in [0.5, 0.6) is 0 Å². The second kappa shape index (κ2) is 8.05. The van der Waals surface area contributed by atoms with E-state index in [-0.39, 0.29) is 19.5 Å². The van der Waals surface area contributed by atoms with Crippen molar-refractivity contribution in [3.63, 3.8) is 0 Å². The van der Waals surface area contributed by atoms with E-state index in [4.69, 9.17) is 9.97 Å². The Bertz CT molecular complexity index is 859. The van der Waals surface area contributed by atoms with E-state index in [2.05, 4.69) is 48.5 Å². The number of benzene rings is 3. The first-order valence-electron chi connectivity index (χ1n) is 8.08. The van der Waals surface area contributed by atoms with Gasteiger partial charge in [-0.3, -0.25) is 0 Å². The van der Waals surface area contributed by atoms with Gasteiger partial charge in [-0.2, -0.15) is 0 Å². The van der Waals surface area contributed by atoms with Crippen LogP contribution in [0.25, 0.3) is 22.5 Å². The predicted molar refractivity (Wildman–Crippen MR) is 97.7 cm³/mol. The zero-order valence-electron chi connectivity index (χ0n) is 14.0. The Kier molecular flexibility index (Phi) is 5.57. The molecule has 0 unspecified atom stereocenters. The van der Waals surface area contributed by atoms with E-state index in [0.29, 0.717) is 0 Å². The molecule has 0 aliphatic heterocycles. The Morgan fingerprint density at radius 1 is 0.640 bits per heavy atom. The molecule has 0 fully saturated rings. The van der Waals surface area contributed by atoms with Gasteiger partial charge in [0.25, 0.3) is 0 Å². The van der Waals surface area contributed by atoms with Gasteiger partial charge in [0, 0.05) is 19.5 Å². The maximum atomic E-state index is 4.84. The number of imidazole rings is 1. The molecule has 0 amide bonds. The molecule has 4 aromatic rings. The largest absolute Gasteiger partial charge is 0.439 e. The Balaban J connectivity index is 0.00000182. The third kappa shape index (κ3) is 3.95. The first kappa shape index (κ1) is 17.3. The summed E-state index contributed by atoms with van der Waals surface area (Å²) in [5.74, 6) is 0.860. The van der Waals surface area contributed by atoms with Crippen molar-refractivity contribution < 1.29 is 19.5 Å². The minimum atomic E-state index is 0. The van der Waals surface area contributed by atoms with Crippen LogP contribution in [0.1, 0.15) is 11.4 Å². The summed E-state index contributed by atoms with van der Waals surface area (Å²) in [7, 11) is 0. The third-order valence-corrected chi connectivity index (χ3v) is 4.01. The zero-order valence-corrected chi connectivity index (χ0v) is 16.9. The Labute approximate surface area is 160 Å². The molecule has 0 N–H and O–H groups in total. The molecule has 1 heterocycles. The fourth-order valence-corrected chi connectivity index (χ4v) is 2.84. The van der Waals surface area contributed by atoms with Crippen molar-refractivity contribution >= 4 is 0 Å². The van der Waals surface area contributed by atoms with Gasteiger partial charge in [0.05, 0.1) is 0 Å². The van der Waals surface area contributed by atoms with E-state index < -0.39 is 0 Å². The summed E-state index contributed by atoms with van der Waals surface area (Å²) in [6.45, 7) is 0. The number of rotatable bonds is 4. The average molecular weight is 375 g/mol. The van der Waals surface area contributed by atoms with Crippen LogP contribution in [0.15, 0.2) is 91.0 Å². The molecular weight excluding hydrogens is 358 g/mol. The smallest absolute Gasteiger partial charge is 0 e. The molecule has 0 atom stereocenters. The van der Waals surface area contributed by atoms with Crippen LogP contribution < -0.4 is 4.98 Å². The zero-order chi connectivity index (χ0) is 16.2. The van der Waals surface area contributed by atoms with Crippen molar-refractivity contribution in [2.45, 2.75) is 6.42 Å². The summed E-state index contributed by atoms with van der Waals surface area (Å²) in [5.41, 5.74) is 5.33. The van der Waals surface area contributed by atoms with Crippen molar-refractivity contribution in [3.8, 4) is 22.5 Å². The van der Waals surface area contributed by atoms with Crippen molar-refractivity contribution in [3.05, 3.63) is 102 Å². The SMILES string of the molecule is [Zn].c1ccc(Cc2nc(-c3ccccc3)c(-c3ccccc3)[n-]2)cc1. The number of hydrogen-bond acceptors (Lipinski definition) is 1. The maximum Gasteiger partial charge on any atom is 0 e. The van der Waals surface area contributed by atoms with Crippen LogP contribution in [-0.2, 0) is 25.9 Å². The third-order valence-electron chi connectivity index (χ3n) is 4.01. The Morgan fingerprint density at radius 3 is 1.76 bits per heavy atom. The van der Waals surface area contributed by atoms with E-state index in [1.54, 1.807) is 0 Å². The van der Waals surface area contributed by atoms with E-state index >= 15 is 0 Å². The number of aromatic nitrogens is 2. The molecule has 3 aromatic carbocycles. The normalized spacial score (nSPS) is 10.2. The van der Waals surface area contributed by atoms with Crippen LogP contribution in [0.2, 0.25) is 0 Å². The summed E-state index contributed by atoms with van der Waals surface area (Å²) in [5, 5.41) is 0. The number of nitrogens with zero attached hydrogens (tertiary/aromatic N) is 2. The monoisotopic (exact) mass is 373 g/mol. The standard InChI is InChI=1S/C22H17N2.Zn/c1-4-10-17(11-5-1)16-20-23-21(18-12-6-2-7-13-18)22(24-20)19-14-8-3-9-15-19;/h1-15H,16H2;/q-1;. The topological polar surface area (TPSA) is 27.0 Å². The van der Waals surface area contributed by atoms with Gasteiger partial charge in [-0.25, -0.2) is 0 Å². The van der Waals surface area contributed by atoms with Gasteiger partial charge in [-0.1, -0.05) is 96.8 Å². The minimum Gasteiger partial charge on any atom is -0.439 e. The molecule has 4 rings (SSSR count). The second-order valence-corrected chi connectivity index (χ2v) is 5.73. The molecule has 25 heavy (non-hydrogen) atoms. The first-order chi connectivity index (χ1) is 11.9. The van der Waals surface area contributed by atoms with Crippen LogP contribution >= 0.6 is 0 Å². The van der Waals surface area contributed by atoms with E-state index in [1.807, 2.05) is 42.5 Å². The van der Waals surface area contributed by atoms with Crippen LogP contribution in [0.4, 0.5) is 0 Å². The first-order valence-corrected chi connectivity index (χ1v) is 8.08. The van der Waals surface area contributed by atoms with Gasteiger partial charge in [0.2, 0.25) is 0 Å². The second-order valence-electron chi connectivity index (χ2n) is 5.73. The van der Waals surface area contributed by atoms with Crippen molar-refractivity contribution in [1.29, 1.82) is 0 Å². The van der Waals surface area contributed by atoms with Crippen molar-refractivity contribution in [2.75, 3.05) is 0 Å². The Morgan fingerprint density at radius 2 is 1.16 bits per heavy atom. The molecular formula is C22H17N2Zn-. The quantitative estimate of drug-likeness (QED) is 0.472. The van der Waals surface area contributed by atoms with Gasteiger partial charge in [0.15, 0.2) is 0 Å². The Hall–Kier alpha value is -2.51. The van der Waals surface area contributed by atoms with Gasteiger partial charge in [-0.05, 0) is 34.5 Å². The fraction of sp³-hybridized carbons (Fsp3) is 0.0455. The minimum absolute atomic E-state index is 0. The molecule has 0 spiro atoms. The maximum absolute atomic E-state index is 4.84. The summed E-state index contributed by atoms with van der Waals surface area (Å²) < 4.78 is 0. The van der Waals surface area contributed by atoms with Gasteiger partial charge in [-0.15, -0.1) is 0 Å². The van der Waals surface area contributed by atoms with E-state index in [1.165, 1.54) is 5.56 Å². The van der Waals surface area contributed by atoms with Gasteiger partial charge < -0.3 is 9.97 Å². The molecule has 3 heteroatoms. The van der Waals surface area contributed by atoms with Crippen molar-refractivity contribution in [2.24, 2.45) is 0 Å². The van der Waals surface area contributed by atoms with Crippen LogP contribution in [0, 0.1) is 0 Å². The molecule has 0 radical (unpaired) electrons. The molecule has 118 valence electrons.